The summed E-state index contributed by atoms with van der Waals surface area (Å²) in [6.45, 7) is 4.61. The SMILES string of the molecule is CC(=O)NCCCNC(C)C(=O)c1ccc(Cl)cc1. The van der Waals surface area contributed by atoms with Crippen LogP contribution < -0.4 is 10.6 Å². The lowest BCUT2D eigenvalue weighted by Gasteiger charge is -2.13. The summed E-state index contributed by atoms with van der Waals surface area (Å²) >= 11 is 5.78. The van der Waals surface area contributed by atoms with Crippen LogP contribution in [0.4, 0.5) is 0 Å². The molecule has 0 spiro atoms. The maximum atomic E-state index is 12.1. The van der Waals surface area contributed by atoms with Crippen LogP contribution in [0.15, 0.2) is 24.3 Å². The third-order valence-electron chi connectivity index (χ3n) is 2.70. The predicted molar refractivity (Wildman–Crippen MR) is 76.5 cm³/mol. The normalized spacial score (nSPS) is 11.9. The molecular weight excluding hydrogens is 264 g/mol. The third-order valence-corrected chi connectivity index (χ3v) is 2.95. The van der Waals surface area contributed by atoms with E-state index in [2.05, 4.69) is 10.6 Å². The van der Waals surface area contributed by atoms with Gasteiger partial charge in [-0.15, -0.1) is 0 Å². The molecule has 0 saturated carbocycles. The zero-order valence-electron chi connectivity index (χ0n) is 11.2. The first kappa shape index (κ1) is 15.7. The van der Waals surface area contributed by atoms with Gasteiger partial charge in [-0.25, -0.2) is 0 Å². The number of nitrogens with one attached hydrogen (secondary N) is 2. The van der Waals surface area contributed by atoms with E-state index in [1.54, 1.807) is 24.3 Å². The molecule has 1 unspecified atom stereocenters. The molecule has 1 aromatic rings. The number of benzene rings is 1. The molecule has 0 aliphatic carbocycles. The largest absolute Gasteiger partial charge is 0.356 e. The van der Waals surface area contributed by atoms with E-state index in [-0.39, 0.29) is 17.7 Å². The van der Waals surface area contributed by atoms with Crippen LogP contribution in [-0.2, 0) is 4.79 Å². The van der Waals surface area contributed by atoms with Crippen LogP contribution in [0.1, 0.15) is 30.6 Å². The molecule has 0 heterocycles. The van der Waals surface area contributed by atoms with E-state index in [1.165, 1.54) is 6.92 Å². The van der Waals surface area contributed by atoms with E-state index in [0.29, 0.717) is 23.7 Å². The lowest BCUT2D eigenvalue weighted by Crippen LogP contribution is -2.36. The Morgan fingerprint density at radius 2 is 1.84 bits per heavy atom. The van der Waals surface area contributed by atoms with Gasteiger partial charge in [0.15, 0.2) is 5.78 Å². The fourth-order valence-electron chi connectivity index (χ4n) is 1.63. The second-order valence-electron chi connectivity index (χ2n) is 4.38. The van der Waals surface area contributed by atoms with Crippen LogP contribution in [0.25, 0.3) is 0 Å². The molecule has 0 saturated heterocycles. The Labute approximate surface area is 118 Å². The first-order chi connectivity index (χ1) is 9.00. The van der Waals surface area contributed by atoms with Crippen molar-refractivity contribution in [1.82, 2.24) is 10.6 Å². The molecular formula is C14H19ClN2O2. The highest BCUT2D eigenvalue weighted by molar-refractivity contribution is 6.30. The lowest BCUT2D eigenvalue weighted by atomic mass is 10.1. The van der Waals surface area contributed by atoms with Crippen LogP contribution in [-0.4, -0.2) is 30.8 Å². The summed E-state index contributed by atoms with van der Waals surface area (Å²) < 4.78 is 0. The minimum Gasteiger partial charge on any atom is -0.356 e. The maximum absolute atomic E-state index is 12.1. The third kappa shape index (κ3) is 5.85. The van der Waals surface area contributed by atoms with Crippen LogP contribution >= 0.6 is 11.6 Å². The van der Waals surface area contributed by atoms with Crippen molar-refractivity contribution in [3.05, 3.63) is 34.9 Å². The number of rotatable bonds is 7. The molecule has 0 radical (unpaired) electrons. The monoisotopic (exact) mass is 282 g/mol. The van der Waals surface area contributed by atoms with Crippen molar-refractivity contribution in [2.45, 2.75) is 26.3 Å². The standard InChI is InChI=1S/C14H19ClN2O2/c1-10(16-8-3-9-17-11(2)18)14(19)12-4-6-13(15)7-5-12/h4-7,10,16H,3,8-9H2,1-2H3,(H,17,18). The molecule has 1 aromatic carbocycles. The first-order valence-corrected chi connectivity index (χ1v) is 6.66. The summed E-state index contributed by atoms with van der Waals surface area (Å²) in [5.74, 6) is 0.00137. The molecule has 19 heavy (non-hydrogen) atoms. The van der Waals surface area contributed by atoms with E-state index >= 15 is 0 Å². The summed E-state index contributed by atoms with van der Waals surface area (Å²) in [6, 6.07) is 6.61. The zero-order chi connectivity index (χ0) is 14.3. The van der Waals surface area contributed by atoms with Gasteiger partial charge in [0, 0.05) is 24.1 Å². The van der Waals surface area contributed by atoms with Crippen molar-refractivity contribution in [3.63, 3.8) is 0 Å². The number of halogens is 1. The lowest BCUT2D eigenvalue weighted by molar-refractivity contribution is -0.118. The van der Waals surface area contributed by atoms with Gasteiger partial charge < -0.3 is 10.6 Å². The van der Waals surface area contributed by atoms with E-state index in [1.807, 2.05) is 6.92 Å². The van der Waals surface area contributed by atoms with Crippen molar-refractivity contribution >= 4 is 23.3 Å². The summed E-state index contributed by atoms with van der Waals surface area (Å²) in [6.07, 6.45) is 0.790. The zero-order valence-corrected chi connectivity index (χ0v) is 12.0. The Morgan fingerprint density at radius 1 is 1.21 bits per heavy atom. The Bertz CT molecular complexity index is 432. The van der Waals surface area contributed by atoms with Crippen LogP contribution in [0.5, 0.6) is 0 Å². The Hall–Kier alpha value is -1.39. The molecule has 2 N–H and O–H groups in total. The highest BCUT2D eigenvalue weighted by Crippen LogP contribution is 2.11. The van der Waals surface area contributed by atoms with Gasteiger partial charge in [-0.2, -0.15) is 0 Å². The molecule has 1 rings (SSSR count). The van der Waals surface area contributed by atoms with E-state index < -0.39 is 0 Å². The number of ketones is 1. The fraction of sp³-hybridized carbons (Fsp3) is 0.429. The second kappa shape index (κ2) is 7.92. The van der Waals surface area contributed by atoms with Crippen molar-refractivity contribution in [2.75, 3.05) is 13.1 Å². The van der Waals surface area contributed by atoms with E-state index in [9.17, 15) is 9.59 Å². The molecule has 0 aliphatic heterocycles. The average molecular weight is 283 g/mol. The average Bonchev–Trinajstić information content (AvgIpc) is 2.37. The topological polar surface area (TPSA) is 58.2 Å². The second-order valence-corrected chi connectivity index (χ2v) is 4.82. The number of hydrogen-bond acceptors (Lipinski definition) is 3. The molecule has 0 bridgehead atoms. The minimum absolute atomic E-state index is 0.0368. The first-order valence-electron chi connectivity index (χ1n) is 6.28. The highest BCUT2D eigenvalue weighted by atomic mass is 35.5. The number of hydrogen-bond donors (Lipinski definition) is 2. The maximum Gasteiger partial charge on any atom is 0.216 e. The van der Waals surface area contributed by atoms with Crippen molar-refractivity contribution < 1.29 is 9.59 Å². The van der Waals surface area contributed by atoms with Crippen molar-refractivity contribution in [3.8, 4) is 0 Å². The molecule has 1 amide bonds. The summed E-state index contributed by atoms with van der Waals surface area (Å²) in [5.41, 5.74) is 0.645. The Balaban J connectivity index is 2.32. The summed E-state index contributed by atoms with van der Waals surface area (Å²) in [7, 11) is 0. The van der Waals surface area contributed by atoms with Gasteiger partial charge in [0.05, 0.1) is 6.04 Å². The van der Waals surface area contributed by atoms with Gasteiger partial charge in [-0.1, -0.05) is 11.6 Å². The van der Waals surface area contributed by atoms with Gasteiger partial charge >= 0.3 is 0 Å². The number of carbonyl (C=O) groups excluding carboxylic acids is 2. The quantitative estimate of drug-likeness (QED) is 0.594. The molecule has 1 atom stereocenters. The van der Waals surface area contributed by atoms with Gasteiger partial charge in [0.2, 0.25) is 5.91 Å². The van der Waals surface area contributed by atoms with Gasteiger partial charge in [0.25, 0.3) is 0 Å². The van der Waals surface area contributed by atoms with Gasteiger partial charge in [-0.3, -0.25) is 9.59 Å². The number of amides is 1. The highest BCUT2D eigenvalue weighted by Gasteiger charge is 2.13. The van der Waals surface area contributed by atoms with Gasteiger partial charge in [-0.05, 0) is 44.2 Å². The molecule has 0 fully saturated rings. The number of Topliss-reactive ketones (excluding diaryl/α,β-unsaturated/α-hetero) is 1. The minimum atomic E-state index is -0.251. The summed E-state index contributed by atoms with van der Waals surface area (Å²) in [4.78, 5) is 22.7. The van der Waals surface area contributed by atoms with Crippen molar-refractivity contribution in [2.24, 2.45) is 0 Å². The Morgan fingerprint density at radius 3 is 2.42 bits per heavy atom. The summed E-state index contributed by atoms with van der Waals surface area (Å²) in [5, 5.41) is 6.46. The molecule has 0 aliphatic rings. The van der Waals surface area contributed by atoms with Crippen LogP contribution in [0.3, 0.4) is 0 Å². The predicted octanol–water partition coefficient (Wildman–Crippen LogP) is 2.03. The van der Waals surface area contributed by atoms with Crippen LogP contribution in [0.2, 0.25) is 5.02 Å². The Kier molecular flexibility index (Phi) is 6.53. The fourth-order valence-corrected chi connectivity index (χ4v) is 1.75. The molecule has 4 nitrogen and oxygen atoms in total. The smallest absolute Gasteiger partial charge is 0.216 e. The number of carbonyl (C=O) groups is 2. The van der Waals surface area contributed by atoms with E-state index in [0.717, 1.165) is 6.42 Å². The van der Waals surface area contributed by atoms with E-state index in [4.69, 9.17) is 11.6 Å². The van der Waals surface area contributed by atoms with Crippen LogP contribution in [0, 0.1) is 0 Å². The molecule has 104 valence electrons. The molecule has 0 aromatic heterocycles. The van der Waals surface area contributed by atoms with Crippen molar-refractivity contribution in [1.29, 1.82) is 0 Å². The molecule has 5 heteroatoms. The van der Waals surface area contributed by atoms with Gasteiger partial charge in [0.1, 0.15) is 0 Å².